The van der Waals surface area contributed by atoms with Crippen molar-refractivity contribution in [3.63, 3.8) is 0 Å². The van der Waals surface area contributed by atoms with Gasteiger partial charge in [-0.3, -0.25) is 4.79 Å². The van der Waals surface area contributed by atoms with Crippen LogP contribution >= 0.6 is 11.3 Å². The van der Waals surface area contributed by atoms with Crippen LogP contribution in [0.25, 0.3) is 10.9 Å². The van der Waals surface area contributed by atoms with Gasteiger partial charge in [0, 0.05) is 22.0 Å². The van der Waals surface area contributed by atoms with Gasteiger partial charge in [0.15, 0.2) is 0 Å². The van der Waals surface area contributed by atoms with Gasteiger partial charge in [-0.15, -0.1) is 11.3 Å². The zero-order valence-electron chi connectivity index (χ0n) is 15.2. The van der Waals surface area contributed by atoms with Gasteiger partial charge in [0.05, 0.1) is 12.5 Å². The van der Waals surface area contributed by atoms with Gasteiger partial charge in [0.25, 0.3) is 0 Å². The summed E-state index contributed by atoms with van der Waals surface area (Å²) in [6.07, 6.45) is 3.30. The van der Waals surface area contributed by atoms with Gasteiger partial charge in [0.1, 0.15) is 0 Å². The highest BCUT2D eigenvalue weighted by Gasteiger charge is 2.19. The van der Waals surface area contributed by atoms with Crippen LogP contribution in [0.4, 0.5) is 0 Å². The number of nitrogens with one attached hydrogen (secondary N) is 2. The molecule has 0 fully saturated rings. The molecular weight excluding hydrogens is 352 g/mol. The van der Waals surface area contributed by atoms with Crippen LogP contribution < -0.4 is 5.32 Å². The molecule has 3 nitrogen and oxygen atoms in total. The van der Waals surface area contributed by atoms with E-state index in [0.717, 1.165) is 33.3 Å². The van der Waals surface area contributed by atoms with Crippen LogP contribution in [0.3, 0.4) is 0 Å². The summed E-state index contributed by atoms with van der Waals surface area (Å²) in [7, 11) is 0. The van der Waals surface area contributed by atoms with Crippen molar-refractivity contribution in [2.24, 2.45) is 0 Å². The predicted molar refractivity (Wildman–Crippen MR) is 112 cm³/mol. The number of carbonyl (C=O) groups is 1. The molecule has 27 heavy (non-hydrogen) atoms. The van der Waals surface area contributed by atoms with E-state index >= 15 is 0 Å². The third kappa shape index (κ3) is 3.81. The van der Waals surface area contributed by atoms with E-state index in [-0.39, 0.29) is 11.9 Å². The van der Waals surface area contributed by atoms with Crippen LogP contribution in [-0.2, 0) is 17.6 Å². The highest BCUT2D eigenvalue weighted by Crippen LogP contribution is 2.27. The highest BCUT2D eigenvalue weighted by molar-refractivity contribution is 7.10. The van der Waals surface area contributed by atoms with Crippen molar-refractivity contribution < 1.29 is 4.79 Å². The number of para-hydroxylation sites is 1. The van der Waals surface area contributed by atoms with E-state index in [4.69, 9.17) is 0 Å². The standard InChI is InChI=1S/C23H22N2OS/c1-2-16-9-11-17(12-10-16)23(21-8-5-13-27-21)25-22(26)14-18-15-24-20-7-4-3-6-19(18)20/h3-13,15,23-24H,2,14H2,1H3,(H,25,26)/t23-/m1/s1. The van der Waals surface area contributed by atoms with Crippen molar-refractivity contribution in [2.45, 2.75) is 25.8 Å². The molecule has 0 saturated heterocycles. The van der Waals surface area contributed by atoms with E-state index in [1.165, 1.54) is 5.56 Å². The third-order valence-corrected chi connectivity index (χ3v) is 5.82. The van der Waals surface area contributed by atoms with E-state index in [1.54, 1.807) is 11.3 Å². The second-order valence-corrected chi connectivity index (χ2v) is 7.63. The van der Waals surface area contributed by atoms with Crippen molar-refractivity contribution in [1.29, 1.82) is 0 Å². The molecule has 2 aromatic carbocycles. The van der Waals surface area contributed by atoms with E-state index < -0.39 is 0 Å². The van der Waals surface area contributed by atoms with E-state index in [0.29, 0.717) is 6.42 Å². The van der Waals surface area contributed by atoms with E-state index in [9.17, 15) is 4.79 Å². The fraction of sp³-hybridized carbons (Fsp3) is 0.174. The Morgan fingerprint density at radius 3 is 2.63 bits per heavy atom. The molecule has 0 aliphatic carbocycles. The fourth-order valence-corrected chi connectivity index (χ4v) is 4.19. The molecule has 0 saturated carbocycles. The Kier molecular flexibility index (Phi) is 5.07. The van der Waals surface area contributed by atoms with Crippen molar-refractivity contribution >= 4 is 28.1 Å². The van der Waals surface area contributed by atoms with Crippen LogP contribution in [0.5, 0.6) is 0 Å². The van der Waals surface area contributed by atoms with Gasteiger partial charge >= 0.3 is 0 Å². The normalized spacial score (nSPS) is 12.2. The zero-order chi connectivity index (χ0) is 18.6. The molecule has 4 heteroatoms. The predicted octanol–water partition coefficient (Wildman–Crippen LogP) is 5.24. The lowest BCUT2D eigenvalue weighted by atomic mass is 10.0. The number of aromatic nitrogens is 1. The first kappa shape index (κ1) is 17.6. The molecule has 0 unspecified atom stereocenters. The first-order valence-electron chi connectivity index (χ1n) is 9.21. The fourth-order valence-electron chi connectivity index (χ4n) is 3.38. The molecule has 136 valence electrons. The van der Waals surface area contributed by atoms with Gasteiger partial charge in [-0.25, -0.2) is 0 Å². The number of rotatable bonds is 6. The minimum atomic E-state index is -0.117. The number of amides is 1. The number of H-pyrrole nitrogens is 1. The Morgan fingerprint density at radius 1 is 1.07 bits per heavy atom. The maximum atomic E-state index is 12.8. The van der Waals surface area contributed by atoms with E-state index in [1.807, 2.05) is 30.5 Å². The maximum Gasteiger partial charge on any atom is 0.225 e. The number of hydrogen-bond acceptors (Lipinski definition) is 2. The summed E-state index contributed by atoms with van der Waals surface area (Å²) in [5, 5.41) is 6.39. The number of thiophene rings is 1. The van der Waals surface area contributed by atoms with Gasteiger partial charge in [-0.05, 0) is 40.6 Å². The molecule has 0 aliphatic rings. The quantitative estimate of drug-likeness (QED) is 0.476. The van der Waals surface area contributed by atoms with E-state index in [2.05, 4.69) is 59.0 Å². The Bertz CT molecular complexity index is 1030. The second kappa shape index (κ2) is 7.80. The summed E-state index contributed by atoms with van der Waals surface area (Å²) >= 11 is 1.67. The number of aryl methyl sites for hydroxylation is 1. The van der Waals surface area contributed by atoms with Crippen LogP contribution in [0.1, 0.15) is 34.5 Å². The average Bonchev–Trinajstić information content (AvgIpc) is 3.37. The molecule has 2 N–H and O–H groups in total. The molecule has 0 bridgehead atoms. The van der Waals surface area contributed by atoms with Crippen molar-refractivity contribution in [3.8, 4) is 0 Å². The van der Waals surface area contributed by atoms with Crippen molar-refractivity contribution in [1.82, 2.24) is 10.3 Å². The monoisotopic (exact) mass is 374 g/mol. The number of carbonyl (C=O) groups excluding carboxylic acids is 1. The minimum absolute atomic E-state index is 0.0257. The molecular formula is C23H22N2OS. The first-order valence-corrected chi connectivity index (χ1v) is 10.1. The van der Waals surface area contributed by atoms with Crippen LogP contribution in [0.15, 0.2) is 72.2 Å². The summed E-state index contributed by atoms with van der Waals surface area (Å²) < 4.78 is 0. The number of hydrogen-bond donors (Lipinski definition) is 2. The number of fused-ring (bicyclic) bond motifs is 1. The number of aromatic amines is 1. The highest BCUT2D eigenvalue weighted by atomic mass is 32.1. The topological polar surface area (TPSA) is 44.9 Å². The summed E-state index contributed by atoms with van der Waals surface area (Å²) in [5.41, 5.74) is 4.50. The summed E-state index contributed by atoms with van der Waals surface area (Å²) in [5.74, 6) is 0.0257. The van der Waals surface area contributed by atoms with Crippen LogP contribution in [0.2, 0.25) is 0 Å². The lowest BCUT2D eigenvalue weighted by Gasteiger charge is -2.18. The molecule has 1 amide bonds. The molecule has 2 heterocycles. The Labute approximate surface area is 163 Å². The minimum Gasteiger partial charge on any atom is -0.361 e. The second-order valence-electron chi connectivity index (χ2n) is 6.65. The number of benzene rings is 2. The molecule has 4 aromatic rings. The molecule has 4 rings (SSSR count). The third-order valence-electron chi connectivity index (χ3n) is 4.88. The first-order chi connectivity index (χ1) is 13.2. The lowest BCUT2D eigenvalue weighted by Crippen LogP contribution is -2.30. The molecule has 0 aliphatic heterocycles. The lowest BCUT2D eigenvalue weighted by molar-refractivity contribution is -0.120. The molecule has 2 aromatic heterocycles. The smallest absolute Gasteiger partial charge is 0.225 e. The maximum absolute atomic E-state index is 12.8. The van der Waals surface area contributed by atoms with Crippen molar-refractivity contribution in [3.05, 3.63) is 93.8 Å². The van der Waals surface area contributed by atoms with Gasteiger partial charge in [0.2, 0.25) is 5.91 Å². The van der Waals surface area contributed by atoms with Gasteiger partial charge in [-0.2, -0.15) is 0 Å². The zero-order valence-corrected chi connectivity index (χ0v) is 16.1. The van der Waals surface area contributed by atoms with Gasteiger partial charge < -0.3 is 10.3 Å². The molecule has 0 spiro atoms. The summed E-state index contributed by atoms with van der Waals surface area (Å²) in [6.45, 7) is 2.15. The van der Waals surface area contributed by atoms with Crippen LogP contribution in [0, 0.1) is 0 Å². The summed E-state index contributed by atoms with van der Waals surface area (Å²) in [4.78, 5) is 17.2. The largest absolute Gasteiger partial charge is 0.361 e. The average molecular weight is 375 g/mol. The van der Waals surface area contributed by atoms with Crippen molar-refractivity contribution in [2.75, 3.05) is 0 Å². The Morgan fingerprint density at radius 2 is 1.89 bits per heavy atom. The summed E-state index contributed by atoms with van der Waals surface area (Å²) in [6, 6.07) is 20.6. The molecule has 1 atom stereocenters. The Hall–Kier alpha value is -2.85. The Balaban J connectivity index is 1.56. The van der Waals surface area contributed by atoms with Gasteiger partial charge in [-0.1, -0.05) is 55.5 Å². The van der Waals surface area contributed by atoms with Crippen LogP contribution in [-0.4, -0.2) is 10.9 Å². The SMILES string of the molecule is CCc1ccc([C@@H](NC(=O)Cc2c[nH]c3ccccc23)c2cccs2)cc1. The molecule has 0 radical (unpaired) electrons.